The second-order valence-corrected chi connectivity index (χ2v) is 5.92. The molecule has 0 radical (unpaired) electrons. The van der Waals surface area contributed by atoms with Gasteiger partial charge in [0.05, 0.1) is 5.69 Å². The number of para-hydroxylation sites is 1. The van der Waals surface area contributed by atoms with Crippen molar-refractivity contribution in [3.63, 3.8) is 0 Å². The summed E-state index contributed by atoms with van der Waals surface area (Å²) in [4.78, 5) is 17.3. The van der Waals surface area contributed by atoms with E-state index in [4.69, 9.17) is 0 Å². The van der Waals surface area contributed by atoms with Crippen molar-refractivity contribution in [1.29, 1.82) is 0 Å². The number of nitrogens with zero attached hydrogens (tertiary/aromatic N) is 1. The highest BCUT2D eigenvalue weighted by atomic mass is 32.2. The van der Waals surface area contributed by atoms with E-state index >= 15 is 0 Å². The molecular weight excluding hydrogens is 270 g/mol. The van der Waals surface area contributed by atoms with E-state index in [1.807, 2.05) is 59.3 Å². The number of carbonyl (C=O) groups is 1. The van der Waals surface area contributed by atoms with E-state index in [2.05, 4.69) is 10.3 Å². The quantitative estimate of drug-likeness (QED) is 0.912. The van der Waals surface area contributed by atoms with Crippen LogP contribution in [-0.4, -0.2) is 40.4 Å². The fourth-order valence-corrected chi connectivity index (χ4v) is 3.12. The lowest BCUT2D eigenvalue weighted by Gasteiger charge is -2.25. The first-order valence-electron chi connectivity index (χ1n) is 6.70. The molecule has 1 aromatic carbocycles. The van der Waals surface area contributed by atoms with E-state index in [0.29, 0.717) is 5.69 Å². The van der Waals surface area contributed by atoms with Crippen molar-refractivity contribution in [2.75, 3.05) is 29.9 Å². The van der Waals surface area contributed by atoms with Gasteiger partial charge in [-0.1, -0.05) is 18.2 Å². The number of hydrogen-bond acceptors (Lipinski definition) is 3. The average Bonchev–Trinajstić information content (AvgIpc) is 2.97. The Morgan fingerprint density at radius 3 is 2.65 bits per heavy atom. The van der Waals surface area contributed by atoms with Crippen LogP contribution in [0.15, 0.2) is 42.6 Å². The smallest absolute Gasteiger partial charge is 0.270 e. The Bertz CT molecular complexity index is 576. The number of anilines is 2. The summed E-state index contributed by atoms with van der Waals surface area (Å²) in [5.74, 6) is 2.15. The van der Waals surface area contributed by atoms with Gasteiger partial charge < -0.3 is 15.2 Å². The van der Waals surface area contributed by atoms with Crippen molar-refractivity contribution < 1.29 is 4.79 Å². The van der Waals surface area contributed by atoms with Gasteiger partial charge in [0.2, 0.25) is 0 Å². The van der Waals surface area contributed by atoms with Crippen LogP contribution in [0.25, 0.3) is 0 Å². The molecule has 2 heterocycles. The molecule has 20 heavy (non-hydrogen) atoms. The molecule has 3 rings (SSSR count). The van der Waals surface area contributed by atoms with Crippen LogP contribution in [0.5, 0.6) is 0 Å². The number of aromatic nitrogens is 1. The molecule has 1 saturated heterocycles. The molecule has 4 nitrogen and oxygen atoms in total. The fraction of sp³-hybridized carbons (Fsp3) is 0.267. The number of amides is 1. The van der Waals surface area contributed by atoms with Crippen molar-refractivity contribution in [2.24, 2.45) is 0 Å². The Hall–Kier alpha value is -1.88. The molecule has 0 atom stereocenters. The molecule has 0 saturated carbocycles. The number of H-pyrrole nitrogens is 1. The minimum absolute atomic E-state index is 0.0893. The van der Waals surface area contributed by atoms with E-state index in [1.54, 1.807) is 0 Å². The summed E-state index contributed by atoms with van der Waals surface area (Å²) in [7, 11) is 0. The molecule has 1 amide bonds. The second kappa shape index (κ2) is 6.05. The van der Waals surface area contributed by atoms with Crippen molar-refractivity contribution >= 4 is 29.0 Å². The maximum absolute atomic E-state index is 12.3. The number of hydrogen-bond donors (Lipinski definition) is 2. The molecule has 0 aliphatic carbocycles. The van der Waals surface area contributed by atoms with Gasteiger partial charge in [-0.2, -0.15) is 11.8 Å². The van der Waals surface area contributed by atoms with Crippen LogP contribution in [0.3, 0.4) is 0 Å². The van der Waals surface area contributed by atoms with Gasteiger partial charge in [-0.15, -0.1) is 0 Å². The summed E-state index contributed by atoms with van der Waals surface area (Å²) in [5.41, 5.74) is 2.57. The van der Waals surface area contributed by atoms with Gasteiger partial charge in [0.25, 0.3) is 5.91 Å². The average molecular weight is 287 g/mol. The molecule has 104 valence electrons. The van der Waals surface area contributed by atoms with Gasteiger partial charge in [-0.3, -0.25) is 4.79 Å². The highest BCUT2D eigenvalue weighted by molar-refractivity contribution is 7.99. The maximum atomic E-state index is 12.3. The maximum Gasteiger partial charge on any atom is 0.270 e. The molecule has 5 heteroatoms. The summed E-state index contributed by atoms with van der Waals surface area (Å²) in [6.07, 6.45) is 1.83. The molecule has 0 spiro atoms. The normalized spacial score (nSPS) is 15.1. The third-order valence-electron chi connectivity index (χ3n) is 3.27. The summed E-state index contributed by atoms with van der Waals surface area (Å²) in [6.45, 7) is 1.67. The van der Waals surface area contributed by atoms with E-state index in [9.17, 15) is 4.79 Å². The van der Waals surface area contributed by atoms with Crippen molar-refractivity contribution in [3.05, 3.63) is 48.3 Å². The molecule has 0 bridgehead atoms. The molecule has 1 aromatic heterocycles. The van der Waals surface area contributed by atoms with Crippen LogP contribution >= 0.6 is 11.8 Å². The zero-order valence-electron chi connectivity index (χ0n) is 11.1. The third-order valence-corrected chi connectivity index (χ3v) is 4.22. The topological polar surface area (TPSA) is 48.1 Å². The molecule has 1 aliphatic rings. The van der Waals surface area contributed by atoms with Crippen LogP contribution in [0, 0.1) is 0 Å². The van der Waals surface area contributed by atoms with Crippen molar-refractivity contribution in [1.82, 2.24) is 9.88 Å². The molecule has 2 N–H and O–H groups in total. The summed E-state index contributed by atoms with van der Waals surface area (Å²) < 4.78 is 0. The summed E-state index contributed by atoms with van der Waals surface area (Å²) in [5, 5.41) is 3.28. The monoisotopic (exact) mass is 287 g/mol. The predicted molar refractivity (Wildman–Crippen MR) is 83.7 cm³/mol. The standard InChI is InChI=1S/C15H17N3OS/c19-15(18-6-8-20-9-7-18)14-10-13(11-16-14)17-12-4-2-1-3-5-12/h1-5,10-11,16-17H,6-9H2. The fourth-order valence-electron chi connectivity index (χ4n) is 2.21. The molecular formula is C15H17N3OS. The minimum Gasteiger partial charge on any atom is -0.355 e. The Morgan fingerprint density at radius 2 is 1.90 bits per heavy atom. The van der Waals surface area contributed by atoms with Crippen molar-refractivity contribution in [2.45, 2.75) is 0 Å². The van der Waals surface area contributed by atoms with Gasteiger partial charge in [-0.25, -0.2) is 0 Å². The van der Waals surface area contributed by atoms with E-state index in [1.165, 1.54) is 0 Å². The van der Waals surface area contributed by atoms with Crippen LogP contribution < -0.4 is 5.32 Å². The first kappa shape index (κ1) is 13.1. The van der Waals surface area contributed by atoms with Gasteiger partial charge in [0.1, 0.15) is 5.69 Å². The molecule has 1 fully saturated rings. The first-order chi connectivity index (χ1) is 9.83. The van der Waals surface area contributed by atoms with Crippen LogP contribution in [-0.2, 0) is 0 Å². The molecule has 2 aromatic rings. The summed E-state index contributed by atoms with van der Waals surface area (Å²) >= 11 is 1.90. The number of nitrogens with one attached hydrogen (secondary N) is 2. The largest absolute Gasteiger partial charge is 0.355 e. The van der Waals surface area contributed by atoms with E-state index < -0.39 is 0 Å². The van der Waals surface area contributed by atoms with Crippen LogP contribution in [0.2, 0.25) is 0 Å². The van der Waals surface area contributed by atoms with E-state index in [-0.39, 0.29) is 5.91 Å². The first-order valence-corrected chi connectivity index (χ1v) is 7.86. The lowest BCUT2D eigenvalue weighted by molar-refractivity contribution is 0.0767. The van der Waals surface area contributed by atoms with Crippen LogP contribution in [0.1, 0.15) is 10.5 Å². The Kier molecular flexibility index (Phi) is 3.97. The van der Waals surface area contributed by atoms with Gasteiger partial charge in [-0.05, 0) is 18.2 Å². The molecule has 0 unspecified atom stereocenters. The Labute approximate surface area is 122 Å². The third kappa shape index (κ3) is 2.99. The zero-order chi connectivity index (χ0) is 13.8. The Morgan fingerprint density at radius 1 is 1.15 bits per heavy atom. The number of thioether (sulfide) groups is 1. The number of carbonyl (C=O) groups excluding carboxylic acids is 1. The number of aromatic amines is 1. The highest BCUT2D eigenvalue weighted by Crippen LogP contribution is 2.19. The van der Waals surface area contributed by atoms with Crippen LogP contribution in [0.4, 0.5) is 11.4 Å². The SMILES string of the molecule is O=C(c1cc(Nc2ccccc2)c[nH]1)N1CCSCC1. The Balaban J connectivity index is 1.68. The van der Waals surface area contributed by atoms with Gasteiger partial charge in [0.15, 0.2) is 0 Å². The number of rotatable bonds is 3. The highest BCUT2D eigenvalue weighted by Gasteiger charge is 2.19. The number of benzene rings is 1. The second-order valence-electron chi connectivity index (χ2n) is 4.70. The predicted octanol–water partition coefficient (Wildman–Crippen LogP) is 2.95. The van der Waals surface area contributed by atoms with E-state index in [0.717, 1.165) is 36.0 Å². The van der Waals surface area contributed by atoms with Crippen molar-refractivity contribution in [3.8, 4) is 0 Å². The van der Waals surface area contributed by atoms with Gasteiger partial charge in [0, 0.05) is 36.5 Å². The lowest BCUT2D eigenvalue weighted by atomic mass is 10.3. The van der Waals surface area contributed by atoms with Gasteiger partial charge >= 0.3 is 0 Å². The summed E-state index contributed by atoms with van der Waals surface area (Å²) in [6, 6.07) is 11.8. The zero-order valence-corrected chi connectivity index (χ0v) is 12.0. The molecule has 1 aliphatic heterocycles. The lowest BCUT2D eigenvalue weighted by Crippen LogP contribution is -2.38. The minimum atomic E-state index is 0.0893.